The Bertz CT molecular complexity index is 413. The van der Waals surface area contributed by atoms with Crippen LogP contribution in [0, 0.1) is 17.2 Å². The number of nitrogens with zero attached hydrogens (tertiary/aromatic N) is 2. The first kappa shape index (κ1) is 16.7. The highest BCUT2D eigenvalue weighted by molar-refractivity contribution is 7.87. The zero-order valence-corrected chi connectivity index (χ0v) is 11.8. The zero-order chi connectivity index (χ0) is 14.3. The van der Waals surface area contributed by atoms with E-state index >= 15 is 0 Å². The quantitative estimate of drug-likeness (QED) is 0.775. The van der Waals surface area contributed by atoms with Crippen LogP contribution in [0.1, 0.15) is 27.7 Å². The second-order valence-electron chi connectivity index (χ2n) is 4.04. The van der Waals surface area contributed by atoms with E-state index in [2.05, 4.69) is 0 Å². The number of ether oxygens (including phenoxy) is 1. The van der Waals surface area contributed by atoms with Crippen LogP contribution in [-0.4, -0.2) is 38.0 Å². The summed E-state index contributed by atoms with van der Waals surface area (Å²) in [7, 11) is -3.96. The number of nitriles is 1. The van der Waals surface area contributed by atoms with Gasteiger partial charge in [-0.3, -0.25) is 0 Å². The Labute approximate surface area is 108 Å². The van der Waals surface area contributed by atoms with Crippen LogP contribution in [0.15, 0.2) is 0 Å². The van der Waals surface area contributed by atoms with Gasteiger partial charge in [-0.1, -0.05) is 6.92 Å². The maximum Gasteiger partial charge on any atom is 0.422 e. The normalized spacial score (nSPS) is 13.2. The summed E-state index contributed by atoms with van der Waals surface area (Å²) >= 11 is 0. The van der Waals surface area contributed by atoms with E-state index in [0.717, 1.165) is 4.31 Å². The number of hydrogen-bond acceptors (Lipinski definition) is 5. The predicted molar refractivity (Wildman–Crippen MR) is 65.7 cm³/mol. The molecule has 0 aromatic carbocycles. The standard InChI is InChI=1S/C10H19N3O4S/c1-5-13(7-9(4)6-11)18(15,16)12-10(14)17-8(2)3/h8-9H,5,7H2,1-4H3,(H,12,14). The van der Waals surface area contributed by atoms with E-state index in [1.807, 2.05) is 6.07 Å². The molecule has 0 aliphatic heterocycles. The van der Waals surface area contributed by atoms with Crippen molar-refractivity contribution in [3.63, 3.8) is 0 Å². The molecule has 8 heteroatoms. The molecule has 104 valence electrons. The summed E-state index contributed by atoms with van der Waals surface area (Å²) < 4.78 is 31.1. The Kier molecular flexibility index (Phi) is 6.65. The lowest BCUT2D eigenvalue weighted by Gasteiger charge is -2.21. The van der Waals surface area contributed by atoms with Crippen LogP contribution in [0.3, 0.4) is 0 Å². The highest BCUT2D eigenvalue weighted by Gasteiger charge is 2.25. The number of amides is 1. The minimum absolute atomic E-state index is 0.0251. The Morgan fingerprint density at radius 3 is 2.39 bits per heavy atom. The van der Waals surface area contributed by atoms with Crippen LogP contribution in [0.2, 0.25) is 0 Å². The molecular formula is C10H19N3O4S. The molecule has 0 aliphatic carbocycles. The molecular weight excluding hydrogens is 258 g/mol. The van der Waals surface area contributed by atoms with Gasteiger partial charge in [0.2, 0.25) is 0 Å². The second kappa shape index (κ2) is 7.18. The zero-order valence-electron chi connectivity index (χ0n) is 11.0. The number of carbonyl (C=O) groups excluding carboxylic acids is 1. The van der Waals surface area contributed by atoms with Gasteiger partial charge in [-0.15, -0.1) is 0 Å². The largest absolute Gasteiger partial charge is 0.446 e. The average molecular weight is 277 g/mol. The first-order valence-corrected chi connectivity index (χ1v) is 7.05. The molecule has 0 aromatic heterocycles. The summed E-state index contributed by atoms with van der Waals surface area (Å²) in [5, 5.41) is 8.66. The molecule has 1 atom stereocenters. The summed E-state index contributed by atoms with van der Waals surface area (Å²) in [5.41, 5.74) is 0. The molecule has 0 aliphatic rings. The molecule has 18 heavy (non-hydrogen) atoms. The van der Waals surface area contributed by atoms with Crippen molar-refractivity contribution in [3.8, 4) is 6.07 Å². The predicted octanol–water partition coefficient (Wildman–Crippen LogP) is 0.847. The van der Waals surface area contributed by atoms with Crippen LogP contribution in [0.4, 0.5) is 4.79 Å². The number of nitrogens with one attached hydrogen (secondary N) is 1. The fourth-order valence-corrected chi connectivity index (χ4v) is 2.30. The molecule has 0 rings (SSSR count). The first-order chi connectivity index (χ1) is 8.22. The molecule has 1 amide bonds. The Morgan fingerprint density at radius 1 is 1.44 bits per heavy atom. The highest BCUT2D eigenvalue weighted by Crippen LogP contribution is 2.04. The molecule has 0 aromatic rings. The SMILES string of the molecule is CCN(CC(C)C#N)S(=O)(=O)NC(=O)OC(C)C. The van der Waals surface area contributed by atoms with Crippen molar-refractivity contribution in [2.24, 2.45) is 5.92 Å². The number of rotatable bonds is 6. The fraction of sp³-hybridized carbons (Fsp3) is 0.800. The number of carbonyl (C=O) groups is 1. The van der Waals surface area contributed by atoms with Gasteiger partial charge in [-0.25, -0.2) is 9.52 Å². The smallest absolute Gasteiger partial charge is 0.422 e. The summed E-state index contributed by atoms with van der Waals surface area (Å²) in [6.45, 7) is 6.64. The lowest BCUT2D eigenvalue weighted by molar-refractivity contribution is 0.121. The maximum absolute atomic E-state index is 11.8. The number of hydrogen-bond donors (Lipinski definition) is 1. The van der Waals surface area contributed by atoms with Crippen molar-refractivity contribution in [3.05, 3.63) is 0 Å². The average Bonchev–Trinajstić information content (AvgIpc) is 2.22. The minimum Gasteiger partial charge on any atom is -0.446 e. The third-order valence-electron chi connectivity index (χ3n) is 1.95. The fourth-order valence-electron chi connectivity index (χ4n) is 1.15. The van der Waals surface area contributed by atoms with Crippen molar-refractivity contribution >= 4 is 16.3 Å². The van der Waals surface area contributed by atoms with Crippen LogP contribution in [-0.2, 0) is 14.9 Å². The molecule has 1 N–H and O–H groups in total. The van der Waals surface area contributed by atoms with Gasteiger partial charge in [-0.05, 0) is 20.8 Å². The van der Waals surface area contributed by atoms with Gasteiger partial charge >= 0.3 is 16.3 Å². The van der Waals surface area contributed by atoms with Gasteiger partial charge < -0.3 is 4.74 Å². The lowest BCUT2D eigenvalue weighted by Crippen LogP contribution is -2.45. The summed E-state index contributed by atoms with van der Waals surface area (Å²) in [4.78, 5) is 11.2. The molecule has 0 heterocycles. The molecule has 0 bridgehead atoms. The van der Waals surface area contributed by atoms with Gasteiger partial charge in [0.15, 0.2) is 0 Å². The van der Waals surface area contributed by atoms with E-state index < -0.39 is 28.3 Å². The van der Waals surface area contributed by atoms with Crippen LogP contribution in [0.5, 0.6) is 0 Å². The summed E-state index contributed by atoms with van der Waals surface area (Å²) in [5.74, 6) is -0.456. The van der Waals surface area contributed by atoms with E-state index in [9.17, 15) is 13.2 Å². The van der Waals surface area contributed by atoms with Crippen molar-refractivity contribution in [2.75, 3.05) is 13.1 Å². The Hall–Kier alpha value is -1.33. The first-order valence-electron chi connectivity index (χ1n) is 5.61. The molecule has 0 spiro atoms. The van der Waals surface area contributed by atoms with Crippen molar-refractivity contribution in [1.82, 2.24) is 9.03 Å². The van der Waals surface area contributed by atoms with E-state index in [-0.39, 0.29) is 13.1 Å². The van der Waals surface area contributed by atoms with E-state index in [1.54, 1.807) is 32.4 Å². The van der Waals surface area contributed by atoms with Crippen molar-refractivity contribution in [1.29, 1.82) is 5.26 Å². The molecule has 1 unspecified atom stereocenters. The molecule has 0 fully saturated rings. The molecule has 0 radical (unpaired) electrons. The highest BCUT2D eigenvalue weighted by atomic mass is 32.2. The lowest BCUT2D eigenvalue weighted by atomic mass is 10.2. The van der Waals surface area contributed by atoms with E-state index in [0.29, 0.717) is 0 Å². The van der Waals surface area contributed by atoms with Crippen LogP contribution in [0.25, 0.3) is 0 Å². The Morgan fingerprint density at radius 2 is 2.00 bits per heavy atom. The molecule has 0 saturated carbocycles. The third kappa shape index (κ3) is 5.84. The van der Waals surface area contributed by atoms with Gasteiger partial charge in [0.05, 0.1) is 18.1 Å². The third-order valence-corrected chi connectivity index (χ3v) is 3.46. The van der Waals surface area contributed by atoms with Gasteiger partial charge in [0.1, 0.15) is 0 Å². The van der Waals surface area contributed by atoms with Gasteiger partial charge in [-0.2, -0.15) is 18.0 Å². The topological polar surface area (TPSA) is 99.5 Å². The van der Waals surface area contributed by atoms with E-state index in [1.165, 1.54) is 0 Å². The monoisotopic (exact) mass is 277 g/mol. The molecule has 0 saturated heterocycles. The second-order valence-corrected chi connectivity index (χ2v) is 5.71. The van der Waals surface area contributed by atoms with Gasteiger partial charge in [0.25, 0.3) is 0 Å². The van der Waals surface area contributed by atoms with E-state index in [4.69, 9.17) is 10.00 Å². The van der Waals surface area contributed by atoms with Crippen LogP contribution < -0.4 is 4.72 Å². The van der Waals surface area contributed by atoms with Gasteiger partial charge in [0, 0.05) is 13.1 Å². The molecule has 7 nitrogen and oxygen atoms in total. The summed E-state index contributed by atoms with van der Waals surface area (Å²) in [6, 6.07) is 1.94. The van der Waals surface area contributed by atoms with Crippen molar-refractivity contribution in [2.45, 2.75) is 33.8 Å². The Balaban J connectivity index is 4.68. The summed E-state index contributed by atoms with van der Waals surface area (Å²) in [6.07, 6.45) is -1.43. The minimum atomic E-state index is -3.96. The maximum atomic E-state index is 11.8. The van der Waals surface area contributed by atoms with Crippen LogP contribution >= 0.6 is 0 Å². The van der Waals surface area contributed by atoms with Crippen molar-refractivity contribution < 1.29 is 17.9 Å².